The van der Waals surface area contributed by atoms with E-state index in [1.807, 2.05) is 0 Å². The highest BCUT2D eigenvalue weighted by Gasteiger charge is 2.22. The third-order valence-electron chi connectivity index (χ3n) is 2.42. The number of hydrogen-bond acceptors (Lipinski definition) is 2. The first-order valence-electron chi connectivity index (χ1n) is 5.48. The number of hydrogen-bond donors (Lipinski definition) is 1. The molecule has 0 bridgehead atoms. The van der Waals surface area contributed by atoms with Crippen LogP contribution < -0.4 is 5.32 Å². The van der Waals surface area contributed by atoms with Gasteiger partial charge in [0.25, 0.3) is 5.91 Å². The SMILES string of the molecule is CC(C)(C)C(=O)CNC(=O)c1cc(Cl)ccc1Cl. The van der Waals surface area contributed by atoms with Crippen LogP contribution in [0.3, 0.4) is 0 Å². The summed E-state index contributed by atoms with van der Waals surface area (Å²) in [5, 5.41) is 3.27. The summed E-state index contributed by atoms with van der Waals surface area (Å²) in [4.78, 5) is 23.5. The average Bonchev–Trinajstić information content (AvgIpc) is 2.27. The van der Waals surface area contributed by atoms with Gasteiger partial charge in [-0.1, -0.05) is 44.0 Å². The van der Waals surface area contributed by atoms with Crippen LogP contribution in [0, 0.1) is 5.41 Å². The Balaban J connectivity index is 2.72. The van der Waals surface area contributed by atoms with Gasteiger partial charge in [0, 0.05) is 10.4 Å². The lowest BCUT2D eigenvalue weighted by molar-refractivity contribution is -0.125. The predicted molar refractivity (Wildman–Crippen MR) is 73.3 cm³/mol. The smallest absolute Gasteiger partial charge is 0.253 e. The van der Waals surface area contributed by atoms with Crippen molar-refractivity contribution in [3.05, 3.63) is 33.8 Å². The van der Waals surface area contributed by atoms with E-state index in [1.165, 1.54) is 6.07 Å². The first-order chi connectivity index (χ1) is 8.21. The number of halogens is 2. The summed E-state index contributed by atoms with van der Waals surface area (Å²) in [5.41, 5.74) is -0.211. The zero-order valence-corrected chi connectivity index (χ0v) is 12.0. The fraction of sp³-hybridized carbons (Fsp3) is 0.385. The second kappa shape index (κ2) is 5.72. The minimum Gasteiger partial charge on any atom is -0.345 e. The van der Waals surface area contributed by atoms with E-state index < -0.39 is 11.3 Å². The van der Waals surface area contributed by atoms with Crippen molar-refractivity contribution < 1.29 is 9.59 Å². The lowest BCUT2D eigenvalue weighted by Crippen LogP contribution is -2.35. The molecule has 1 N–H and O–H groups in total. The molecule has 0 aliphatic carbocycles. The Kier molecular flexibility index (Phi) is 4.77. The maximum atomic E-state index is 11.8. The molecule has 98 valence electrons. The number of carbonyl (C=O) groups excluding carboxylic acids is 2. The fourth-order valence-corrected chi connectivity index (χ4v) is 1.57. The molecule has 0 fully saturated rings. The Bertz CT molecular complexity index is 478. The summed E-state index contributed by atoms with van der Waals surface area (Å²) in [6.45, 7) is 5.38. The maximum absolute atomic E-state index is 11.8. The van der Waals surface area contributed by atoms with Crippen LogP contribution in [0.4, 0.5) is 0 Å². The van der Waals surface area contributed by atoms with Crippen molar-refractivity contribution in [2.75, 3.05) is 6.54 Å². The van der Waals surface area contributed by atoms with Crippen molar-refractivity contribution in [2.24, 2.45) is 5.41 Å². The van der Waals surface area contributed by atoms with Gasteiger partial charge in [-0.05, 0) is 18.2 Å². The molecular formula is C13H15Cl2NO2. The second-order valence-electron chi connectivity index (χ2n) is 4.98. The molecule has 1 aromatic rings. The molecule has 0 aromatic heterocycles. The van der Waals surface area contributed by atoms with Gasteiger partial charge in [0.2, 0.25) is 0 Å². The summed E-state index contributed by atoms with van der Waals surface area (Å²) < 4.78 is 0. The Morgan fingerprint density at radius 1 is 1.22 bits per heavy atom. The van der Waals surface area contributed by atoms with Crippen molar-refractivity contribution in [2.45, 2.75) is 20.8 Å². The monoisotopic (exact) mass is 287 g/mol. The summed E-state index contributed by atoms with van der Waals surface area (Å²) in [7, 11) is 0. The van der Waals surface area contributed by atoms with Gasteiger partial charge in [0.15, 0.2) is 5.78 Å². The van der Waals surface area contributed by atoms with Gasteiger partial charge < -0.3 is 5.32 Å². The molecule has 0 aliphatic rings. The molecule has 0 saturated heterocycles. The van der Waals surface area contributed by atoms with Gasteiger partial charge in [0.05, 0.1) is 17.1 Å². The van der Waals surface area contributed by atoms with Gasteiger partial charge in [-0.2, -0.15) is 0 Å². The van der Waals surface area contributed by atoms with E-state index in [-0.39, 0.29) is 17.9 Å². The third kappa shape index (κ3) is 4.00. The van der Waals surface area contributed by atoms with Crippen molar-refractivity contribution in [1.82, 2.24) is 5.32 Å². The van der Waals surface area contributed by atoms with Crippen LogP contribution >= 0.6 is 23.2 Å². The van der Waals surface area contributed by atoms with Gasteiger partial charge >= 0.3 is 0 Å². The highest BCUT2D eigenvalue weighted by atomic mass is 35.5. The molecular weight excluding hydrogens is 273 g/mol. The molecule has 1 rings (SSSR count). The molecule has 0 unspecified atom stereocenters. The number of rotatable bonds is 3. The zero-order chi connectivity index (χ0) is 13.9. The van der Waals surface area contributed by atoms with Gasteiger partial charge in [-0.25, -0.2) is 0 Å². The number of amides is 1. The largest absolute Gasteiger partial charge is 0.345 e. The average molecular weight is 288 g/mol. The Labute approximate surface area is 116 Å². The summed E-state index contributed by atoms with van der Waals surface area (Å²) >= 11 is 11.7. The number of benzene rings is 1. The number of ketones is 1. The predicted octanol–water partition coefficient (Wildman–Crippen LogP) is 3.34. The molecule has 0 saturated carbocycles. The van der Waals surface area contributed by atoms with Crippen LogP contribution in [0.15, 0.2) is 18.2 Å². The van der Waals surface area contributed by atoms with Gasteiger partial charge in [0.1, 0.15) is 0 Å². The quantitative estimate of drug-likeness (QED) is 0.927. The van der Waals surface area contributed by atoms with Crippen molar-refractivity contribution in [3.63, 3.8) is 0 Å². The van der Waals surface area contributed by atoms with Crippen molar-refractivity contribution >= 4 is 34.9 Å². The fourth-order valence-electron chi connectivity index (χ4n) is 1.19. The van der Waals surface area contributed by atoms with Crippen LogP contribution in [0.2, 0.25) is 10.0 Å². The molecule has 0 atom stereocenters. The summed E-state index contributed by atoms with van der Waals surface area (Å²) in [6.07, 6.45) is 0. The molecule has 1 aromatic carbocycles. The third-order valence-corrected chi connectivity index (χ3v) is 2.98. The highest BCUT2D eigenvalue weighted by Crippen LogP contribution is 2.20. The standard InChI is InChI=1S/C13H15Cl2NO2/c1-13(2,3)11(17)7-16-12(18)9-6-8(14)4-5-10(9)15/h4-6H,7H2,1-3H3,(H,16,18). The Morgan fingerprint density at radius 2 is 1.83 bits per heavy atom. The minimum atomic E-state index is -0.481. The van der Waals surface area contributed by atoms with Crippen molar-refractivity contribution in [3.8, 4) is 0 Å². The van der Waals surface area contributed by atoms with E-state index in [1.54, 1.807) is 32.9 Å². The van der Waals surface area contributed by atoms with Gasteiger partial charge in [-0.3, -0.25) is 9.59 Å². The molecule has 3 nitrogen and oxygen atoms in total. The highest BCUT2D eigenvalue weighted by molar-refractivity contribution is 6.35. The molecule has 18 heavy (non-hydrogen) atoms. The first-order valence-corrected chi connectivity index (χ1v) is 6.24. The topological polar surface area (TPSA) is 46.2 Å². The molecule has 1 amide bonds. The number of carbonyl (C=O) groups is 2. The molecule has 0 spiro atoms. The van der Waals surface area contributed by atoms with Crippen LogP contribution in [0.25, 0.3) is 0 Å². The van der Waals surface area contributed by atoms with E-state index in [9.17, 15) is 9.59 Å². The Morgan fingerprint density at radius 3 is 2.39 bits per heavy atom. The number of nitrogens with one attached hydrogen (secondary N) is 1. The van der Waals surface area contributed by atoms with Crippen LogP contribution in [-0.4, -0.2) is 18.2 Å². The summed E-state index contributed by atoms with van der Waals surface area (Å²) in [5.74, 6) is -0.450. The lowest BCUT2D eigenvalue weighted by Gasteiger charge is -2.16. The Hall–Kier alpha value is -1.06. The first kappa shape index (κ1) is 15.0. The summed E-state index contributed by atoms with van der Waals surface area (Å²) in [6, 6.07) is 4.62. The van der Waals surface area contributed by atoms with E-state index in [0.29, 0.717) is 10.0 Å². The normalized spacial score (nSPS) is 11.2. The molecule has 0 aliphatic heterocycles. The van der Waals surface area contributed by atoms with E-state index in [0.717, 1.165) is 0 Å². The van der Waals surface area contributed by atoms with Crippen molar-refractivity contribution in [1.29, 1.82) is 0 Å². The molecule has 5 heteroatoms. The van der Waals surface area contributed by atoms with Crippen LogP contribution in [0.5, 0.6) is 0 Å². The second-order valence-corrected chi connectivity index (χ2v) is 5.82. The van der Waals surface area contributed by atoms with Gasteiger partial charge in [-0.15, -0.1) is 0 Å². The zero-order valence-electron chi connectivity index (χ0n) is 10.5. The van der Waals surface area contributed by atoms with E-state index in [4.69, 9.17) is 23.2 Å². The van der Waals surface area contributed by atoms with E-state index >= 15 is 0 Å². The van der Waals surface area contributed by atoms with E-state index in [2.05, 4.69) is 5.32 Å². The lowest BCUT2D eigenvalue weighted by atomic mass is 9.91. The minimum absolute atomic E-state index is 0.0226. The van der Waals surface area contributed by atoms with Crippen LogP contribution in [0.1, 0.15) is 31.1 Å². The molecule has 0 radical (unpaired) electrons. The maximum Gasteiger partial charge on any atom is 0.253 e. The van der Waals surface area contributed by atoms with Crippen LogP contribution in [-0.2, 0) is 4.79 Å². The number of Topliss-reactive ketones (excluding diaryl/α,β-unsaturated/α-hetero) is 1. The molecule has 0 heterocycles.